The number of rotatable bonds is 4. The molecule has 0 aromatic carbocycles. The fourth-order valence-corrected chi connectivity index (χ4v) is 5.22. The summed E-state index contributed by atoms with van der Waals surface area (Å²) in [5, 5.41) is 11.7. The molecule has 0 aliphatic carbocycles. The first-order chi connectivity index (χ1) is 10.5. The second kappa shape index (κ2) is 6.27. The molecule has 0 aromatic rings. The quantitative estimate of drug-likeness (QED) is 0.721. The van der Waals surface area contributed by atoms with Crippen LogP contribution in [0.25, 0.3) is 0 Å². The van der Waals surface area contributed by atoms with Crippen LogP contribution in [0.5, 0.6) is 0 Å². The van der Waals surface area contributed by atoms with Crippen LogP contribution in [0.15, 0.2) is 22.8 Å². The molecule has 2 fully saturated rings. The van der Waals surface area contributed by atoms with Gasteiger partial charge in [0.1, 0.15) is 17.1 Å². The number of allylic oxidation sites excluding steroid dienone is 1. The lowest BCUT2D eigenvalue weighted by Crippen LogP contribution is -2.68. The van der Waals surface area contributed by atoms with Crippen molar-refractivity contribution in [3.63, 3.8) is 0 Å². The van der Waals surface area contributed by atoms with Gasteiger partial charge in [-0.15, -0.1) is 23.5 Å². The van der Waals surface area contributed by atoms with E-state index in [4.69, 9.17) is 5.73 Å². The number of likely N-dealkylation sites (tertiary alicyclic amines) is 1. The highest BCUT2D eigenvalue weighted by Crippen LogP contribution is 2.40. The van der Waals surface area contributed by atoms with E-state index in [1.807, 2.05) is 11.5 Å². The maximum Gasteiger partial charge on any atom is 0.352 e. The van der Waals surface area contributed by atoms with Crippen molar-refractivity contribution in [2.45, 2.75) is 23.1 Å². The Balaban J connectivity index is 1.72. The molecular formula is C14H19N3O3S2. The highest BCUT2D eigenvalue weighted by atomic mass is 32.2. The minimum atomic E-state index is -1.06. The predicted octanol–water partition coefficient (Wildman–Crippen LogP) is 0.519. The number of carboxylic acid groups (broad SMARTS) is 1. The Morgan fingerprint density at radius 1 is 1.55 bits per heavy atom. The van der Waals surface area contributed by atoms with Gasteiger partial charge < -0.3 is 15.7 Å². The molecule has 3 aliphatic rings. The minimum Gasteiger partial charge on any atom is -0.477 e. The zero-order valence-electron chi connectivity index (χ0n) is 12.3. The van der Waals surface area contributed by atoms with Gasteiger partial charge in [0.05, 0.1) is 0 Å². The average molecular weight is 341 g/mol. The Morgan fingerprint density at radius 2 is 2.32 bits per heavy atom. The van der Waals surface area contributed by atoms with Gasteiger partial charge in [-0.3, -0.25) is 9.69 Å². The summed E-state index contributed by atoms with van der Waals surface area (Å²) < 4.78 is 0. The summed E-state index contributed by atoms with van der Waals surface area (Å²) in [7, 11) is 2.10. The third kappa shape index (κ3) is 2.80. The van der Waals surface area contributed by atoms with Crippen molar-refractivity contribution in [2.24, 2.45) is 5.73 Å². The van der Waals surface area contributed by atoms with Gasteiger partial charge in [-0.2, -0.15) is 0 Å². The first kappa shape index (κ1) is 15.9. The molecular weight excluding hydrogens is 322 g/mol. The highest BCUT2D eigenvalue weighted by molar-refractivity contribution is 8.02. The van der Waals surface area contributed by atoms with Crippen LogP contribution in [0, 0.1) is 0 Å². The average Bonchev–Trinajstić information content (AvgIpc) is 2.91. The molecule has 3 atom stereocenters. The van der Waals surface area contributed by atoms with E-state index in [9.17, 15) is 14.7 Å². The third-order valence-corrected chi connectivity index (χ3v) is 6.52. The molecule has 120 valence electrons. The molecule has 3 rings (SSSR count). The molecule has 0 spiro atoms. The number of nitrogens with two attached hydrogens (primary N) is 1. The van der Waals surface area contributed by atoms with Crippen molar-refractivity contribution in [3.05, 3.63) is 22.8 Å². The minimum absolute atomic E-state index is 0.0934. The van der Waals surface area contributed by atoms with Crippen molar-refractivity contribution in [3.8, 4) is 0 Å². The Bertz CT molecular complexity index is 564. The molecule has 0 unspecified atom stereocenters. The molecule has 8 heteroatoms. The van der Waals surface area contributed by atoms with Crippen LogP contribution in [0.4, 0.5) is 0 Å². The Labute approximate surface area is 137 Å². The Morgan fingerprint density at radius 3 is 2.95 bits per heavy atom. The first-order valence-corrected chi connectivity index (χ1v) is 9.15. The molecule has 0 radical (unpaired) electrons. The van der Waals surface area contributed by atoms with Gasteiger partial charge in [0.2, 0.25) is 5.91 Å². The molecule has 6 nitrogen and oxygen atoms in total. The van der Waals surface area contributed by atoms with Crippen molar-refractivity contribution in [2.75, 3.05) is 25.9 Å². The number of nitrogens with zero attached hydrogens (tertiary/aromatic N) is 2. The van der Waals surface area contributed by atoms with Crippen LogP contribution >= 0.6 is 23.5 Å². The number of carbonyl (C=O) groups excluding carboxylic acids is 1. The number of carboxylic acids is 1. The number of aliphatic carboxylic acids is 1. The highest BCUT2D eigenvalue weighted by Gasteiger charge is 2.51. The maximum absolute atomic E-state index is 11.8. The van der Waals surface area contributed by atoms with Crippen LogP contribution < -0.4 is 5.73 Å². The number of hydrogen-bond donors (Lipinski definition) is 2. The molecule has 2 saturated heterocycles. The summed E-state index contributed by atoms with van der Waals surface area (Å²) in [5.74, 6) is -0.785. The summed E-state index contributed by atoms with van der Waals surface area (Å²) in [6.45, 7) is 2.16. The standard InChI is InChI=1S/C14H19N3O3S2/c1-16-4-2-9(6-16)21-5-3-8-7-22-13-10(15)12(18)17(13)11(8)14(19)20/h3,5,9-10,13H,2,4,6-7,15H2,1H3,(H,19,20)/t9-,10+,13+/m0/s1. The lowest BCUT2D eigenvalue weighted by Gasteiger charge is -2.47. The van der Waals surface area contributed by atoms with Crippen LogP contribution in [0.3, 0.4) is 0 Å². The van der Waals surface area contributed by atoms with Gasteiger partial charge in [-0.05, 0) is 37.1 Å². The van der Waals surface area contributed by atoms with Crippen molar-refractivity contribution >= 4 is 35.4 Å². The first-order valence-electron chi connectivity index (χ1n) is 7.16. The SMILES string of the molecule is CN1CC[C@H](SC=CC2=C(C(=O)O)N3C(=O)[C@@H](N)[C@H]3SC2)C1. The second-order valence-corrected chi connectivity index (χ2v) is 8.04. The number of thioether (sulfide) groups is 2. The topological polar surface area (TPSA) is 86.9 Å². The molecule has 0 aromatic heterocycles. The number of hydrogen-bond acceptors (Lipinski definition) is 6. The van der Waals surface area contributed by atoms with E-state index in [0.29, 0.717) is 16.6 Å². The molecule has 3 aliphatic heterocycles. The van der Waals surface area contributed by atoms with Gasteiger partial charge in [0, 0.05) is 17.5 Å². The van der Waals surface area contributed by atoms with Gasteiger partial charge in [0.15, 0.2) is 0 Å². The zero-order valence-corrected chi connectivity index (χ0v) is 13.9. The van der Waals surface area contributed by atoms with Gasteiger partial charge in [-0.25, -0.2) is 4.79 Å². The van der Waals surface area contributed by atoms with Crippen LogP contribution in [0.1, 0.15) is 6.42 Å². The smallest absolute Gasteiger partial charge is 0.352 e. The van der Waals surface area contributed by atoms with E-state index in [1.165, 1.54) is 16.7 Å². The largest absolute Gasteiger partial charge is 0.477 e. The van der Waals surface area contributed by atoms with E-state index < -0.39 is 12.0 Å². The molecule has 3 N–H and O–H groups in total. The number of fused-ring (bicyclic) bond motifs is 1. The van der Waals surface area contributed by atoms with E-state index in [-0.39, 0.29) is 17.0 Å². The third-order valence-electron chi connectivity index (χ3n) is 4.13. The molecule has 3 heterocycles. The number of β-lactam (4-membered cyclic amide) rings is 1. The summed E-state index contributed by atoms with van der Waals surface area (Å²) >= 11 is 3.26. The summed E-state index contributed by atoms with van der Waals surface area (Å²) in [4.78, 5) is 27.0. The predicted molar refractivity (Wildman–Crippen MR) is 88.4 cm³/mol. The monoisotopic (exact) mass is 341 g/mol. The molecule has 22 heavy (non-hydrogen) atoms. The van der Waals surface area contributed by atoms with Crippen molar-refractivity contribution < 1.29 is 14.7 Å². The molecule has 0 saturated carbocycles. The second-order valence-electron chi connectivity index (χ2n) is 5.73. The lowest BCUT2D eigenvalue weighted by molar-refractivity contribution is -0.147. The van der Waals surface area contributed by atoms with Crippen LogP contribution in [-0.4, -0.2) is 69.3 Å². The van der Waals surface area contributed by atoms with Crippen LogP contribution in [0.2, 0.25) is 0 Å². The summed E-state index contributed by atoms with van der Waals surface area (Å²) in [6.07, 6.45) is 2.99. The molecule has 0 bridgehead atoms. The fourth-order valence-electron chi connectivity index (χ4n) is 2.91. The summed E-state index contributed by atoms with van der Waals surface area (Å²) in [5.41, 5.74) is 6.51. The Hall–Kier alpha value is -0.960. The van der Waals surface area contributed by atoms with Gasteiger partial charge in [0.25, 0.3) is 0 Å². The van der Waals surface area contributed by atoms with Gasteiger partial charge in [-0.1, -0.05) is 0 Å². The Kier molecular flexibility index (Phi) is 4.54. The van der Waals surface area contributed by atoms with Crippen molar-refractivity contribution in [1.82, 2.24) is 9.80 Å². The van der Waals surface area contributed by atoms with Crippen LogP contribution in [-0.2, 0) is 9.59 Å². The number of carbonyl (C=O) groups is 2. The van der Waals surface area contributed by atoms with Gasteiger partial charge >= 0.3 is 5.97 Å². The normalized spacial score (nSPS) is 32.5. The lowest BCUT2D eigenvalue weighted by atomic mass is 10.0. The van der Waals surface area contributed by atoms with E-state index in [1.54, 1.807) is 11.8 Å². The molecule has 1 amide bonds. The van der Waals surface area contributed by atoms with E-state index in [2.05, 4.69) is 11.9 Å². The fraction of sp³-hybridized carbons (Fsp3) is 0.571. The zero-order chi connectivity index (χ0) is 15.9. The van der Waals surface area contributed by atoms with Crippen molar-refractivity contribution in [1.29, 1.82) is 0 Å². The van der Waals surface area contributed by atoms with E-state index >= 15 is 0 Å². The number of amides is 1. The summed E-state index contributed by atoms with van der Waals surface area (Å²) in [6, 6.07) is -0.576. The maximum atomic E-state index is 11.8. The van der Waals surface area contributed by atoms with E-state index in [0.717, 1.165) is 19.5 Å².